The van der Waals surface area contributed by atoms with Crippen molar-refractivity contribution in [1.82, 2.24) is 0 Å². The van der Waals surface area contributed by atoms with E-state index in [9.17, 15) is 0 Å². The zero-order valence-corrected chi connectivity index (χ0v) is 9.98. The Morgan fingerprint density at radius 1 is 0.889 bits per heavy atom. The minimum Gasteiger partial charge on any atom is -0.454 e. The Labute approximate surface area is 109 Å². The van der Waals surface area contributed by atoms with Crippen LogP contribution in [0.3, 0.4) is 0 Å². The normalized spacial score (nSPS) is 9.28. The summed E-state index contributed by atoms with van der Waals surface area (Å²) in [5.74, 6) is 0.774. The van der Waals surface area contributed by atoms with Crippen LogP contribution in [0.1, 0.15) is 11.1 Å². The van der Waals surface area contributed by atoms with Crippen LogP contribution < -0.4 is 4.74 Å². The molecule has 18 heavy (non-hydrogen) atoms. The average Bonchev–Trinajstić information content (AvgIpc) is 2.41. The topological polar surface area (TPSA) is 56.8 Å². The van der Waals surface area contributed by atoms with Gasteiger partial charge in [-0.25, -0.2) is 0 Å². The van der Waals surface area contributed by atoms with E-state index in [1.165, 1.54) is 0 Å². The van der Waals surface area contributed by atoms with E-state index in [-0.39, 0.29) is 11.1 Å². The fraction of sp³-hybridized carbons (Fsp3) is 0. The van der Waals surface area contributed by atoms with Gasteiger partial charge in [0.2, 0.25) is 0 Å². The predicted octanol–water partition coefficient (Wildman–Crippen LogP) is 3.88. The van der Waals surface area contributed by atoms with Crippen LogP contribution in [-0.4, -0.2) is 0 Å². The van der Waals surface area contributed by atoms with Crippen molar-refractivity contribution < 1.29 is 4.74 Å². The third-order valence-corrected chi connectivity index (χ3v) is 2.63. The fourth-order valence-corrected chi connectivity index (χ4v) is 1.64. The standard InChI is InChI=1S/C14H7ClN2O/c15-12-5-1-2-6-14(12)18-13-7-3-4-10(8-16)11(13)9-17/h1-7H. The maximum Gasteiger partial charge on any atom is 0.146 e. The van der Waals surface area contributed by atoms with E-state index in [1.807, 2.05) is 12.1 Å². The van der Waals surface area contributed by atoms with E-state index in [0.29, 0.717) is 16.5 Å². The molecule has 0 amide bonds. The molecule has 0 aliphatic carbocycles. The summed E-state index contributed by atoms with van der Waals surface area (Å²) in [5, 5.41) is 18.4. The molecule has 86 valence electrons. The molecular weight excluding hydrogens is 248 g/mol. The van der Waals surface area contributed by atoms with Crippen LogP contribution in [0.25, 0.3) is 0 Å². The number of benzene rings is 2. The Morgan fingerprint density at radius 2 is 1.61 bits per heavy atom. The fourth-order valence-electron chi connectivity index (χ4n) is 1.47. The SMILES string of the molecule is N#Cc1cccc(Oc2ccccc2Cl)c1C#N. The molecule has 0 spiro atoms. The number of hydrogen-bond donors (Lipinski definition) is 0. The summed E-state index contributed by atoms with van der Waals surface area (Å²) in [4.78, 5) is 0. The van der Waals surface area contributed by atoms with E-state index in [1.54, 1.807) is 42.5 Å². The molecule has 0 saturated carbocycles. The van der Waals surface area contributed by atoms with Gasteiger partial charge < -0.3 is 4.74 Å². The van der Waals surface area contributed by atoms with Gasteiger partial charge in [-0.15, -0.1) is 0 Å². The number of nitrogens with zero attached hydrogens (tertiary/aromatic N) is 2. The second-order valence-electron chi connectivity index (χ2n) is 3.43. The zero-order chi connectivity index (χ0) is 13.0. The van der Waals surface area contributed by atoms with E-state index >= 15 is 0 Å². The van der Waals surface area contributed by atoms with Crippen LogP contribution in [0.2, 0.25) is 5.02 Å². The van der Waals surface area contributed by atoms with Crippen molar-refractivity contribution in [3.8, 4) is 23.6 Å². The van der Waals surface area contributed by atoms with Gasteiger partial charge in [-0.05, 0) is 24.3 Å². The first-order valence-corrected chi connectivity index (χ1v) is 5.49. The summed E-state index contributed by atoms with van der Waals surface area (Å²) < 4.78 is 5.57. The number of rotatable bonds is 2. The lowest BCUT2D eigenvalue weighted by molar-refractivity contribution is 0.481. The van der Waals surface area contributed by atoms with Crippen LogP contribution >= 0.6 is 11.6 Å². The van der Waals surface area contributed by atoms with Gasteiger partial charge in [-0.2, -0.15) is 10.5 Å². The quantitative estimate of drug-likeness (QED) is 0.817. The van der Waals surface area contributed by atoms with Crippen molar-refractivity contribution in [2.24, 2.45) is 0 Å². The highest BCUT2D eigenvalue weighted by atomic mass is 35.5. The number of hydrogen-bond acceptors (Lipinski definition) is 3. The molecule has 2 rings (SSSR count). The van der Waals surface area contributed by atoms with Gasteiger partial charge in [0, 0.05) is 0 Å². The molecule has 2 aromatic carbocycles. The molecule has 0 heterocycles. The van der Waals surface area contributed by atoms with Crippen molar-refractivity contribution in [3.05, 3.63) is 58.6 Å². The molecule has 2 aromatic rings. The molecule has 4 heteroatoms. The van der Waals surface area contributed by atoms with Crippen molar-refractivity contribution >= 4 is 11.6 Å². The molecule has 3 nitrogen and oxygen atoms in total. The molecule has 0 unspecified atom stereocenters. The Bertz CT molecular complexity index is 668. The Hall–Kier alpha value is -2.49. The van der Waals surface area contributed by atoms with Gasteiger partial charge in [0.15, 0.2) is 0 Å². The van der Waals surface area contributed by atoms with Crippen LogP contribution in [0.15, 0.2) is 42.5 Å². The first-order valence-electron chi connectivity index (χ1n) is 5.12. The molecule has 0 bridgehead atoms. The highest BCUT2D eigenvalue weighted by Gasteiger charge is 2.10. The minimum atomic E-state index is 0.208. The smallest absolute Gasteiger partial charge is 0.146 e. The van der Waals surface area contributed by atoms with Gasteiger partial charge in [-0.1, -0.05) is 29.8 Å². The predicted molar refractivity (Wildman–Crippen MR) is 67.4 cm³/mol. The first kappa shape index (κ1) is 12.0. The molecule has 0 fully saturated rings. The summed E-state index contributed by atoms with van der Waals surface area (Å²) in [6.07, 6.45) is 0. The molecule has 0 radical (unpaired) electrons. The second-order valence-corrected chi connectivity index (χ2v) is 3.84. The summed E-state index contributed by atoms with van der Waals surface area (Å²) in [7, 11) is 0. The molecule has 0 aliphatic heterocycles. The van der Waals surface area contributed by atoms with Gasteiger partial charge in [0.05, 0.1) is 10.6 Å². The number of halogens is 1. The van der Waals surface area contributed by atoms with Gasteiger partial charge >= 0.3 is 0 Å². The van der Waals surface area contributed by atoms with Crippen LogP contribution in [-0.2, 0) is 0 Å². The van der Waals surface area contributed by atoms with E-state index in [0.717, 1.165) is 0 Å². The maximum atomic E-state index is 9.06. The third-order valence-electron chi connectivity index (χ3n) is 2.32. The van der Waals surface area contributed by atoms with Crippen molar-refractivity contribution in [2.75, 3.05) is 0 Å². The lowest BCUT2D eigenvalue weighted by Crippen LogP contribution is -1.91. The highest BCUT2D eigenvalue weighted by molar-refractivity contribution is 6.32. The summed E-state index contributed by atoms with van der Waals surface area (Å²) in [5.41, 5.74) is 0.488. The Morgan fingerprint density at radius 3 is 2.28 bits per heavy atom. The highest BCUT2D eigenvalue weighted by Crippen LogP contribution is 2.31. The number of nitriles is 2. The zero-order valence-electron chi connectivity index (χ0n) is 9.22. The van der Waals surface area contributed by atoms with Crippen molar-refractivity contribution in [3.63, 3.8) is 0 Å². The number of ether oxygens (including phenoxy) is 1. The molecule has 0 aromatic heterocycles. The monoisotopic (exact) mass is 254 g/mol. The van der Waals surface area contributed by atoms with Gasteiger partial charge in [0.25, 0.3) is 0 Å². The van der Waals surface area contributed by atoms with Crippen LogP contribution in [0, 0.1) is 22.7 Å². The molecule has 0 saturated heterocycles. The lowest BCUT2D eigenvalue weighted by atomic mass is 10.1. The van der Waals surface area contributed by atoms with E-state index < -0.39 is 0 Å². The maximum absolute atomic E-state index is 9.06. The number of para-hydroxylation sites is 1. The first-order chi connectivity index (χ1) is 8.76. The summed E-state index contributed by atoms with van der Waals surface area (Å²) in [6.45, 7) is 0. The van der Waals surface area contributed by atoms with Gasteiger partial charge in [-0.3, -0.25) is 0 Å². The molecule has 0 N–H and O–H groups in total. The molecule has 0 aliphatic rings. The third kappa shape index (κ3) is 2.27. The van der Waals surface area contributed by atoms with Crippen molar-refractivity contribution in [2.45, 2.75) is 0 Å². The van der Waals surface area contributed by atoms with Crippen molar-refractivity contribution in [1.29, 1.82) is 10.5 Å². The Balaban J connectivity index is 2.46. The summed E-state index contributed by atoms with van der Waals surface area (Å²) in [6, 6.07) is 15.7. The van der Waals surface area contributed by atoms with Crippen LogP contribution in [0.5, 0.6) is 11.5 Å². The minimum absolute atomic E-state index is 0.208. The largest absolute Gasteiger partial charge is 0.454 e. The van der Waals surface area contributed by atoms with Crippen LogP contribution in [0.4, 0.5) is 0 Å². The summed E-state index contributed by atoms with van der Waals surface area (Å²) >= 11 is 5.97. The van der Waals surface area contributed by atoms with E-state index in [2.05, 4.69) is 0 Å². The molecule has 0 atom stereocenters. The molecular formula is C14H7ClN2O. The second kappa shape index (κ2) is 5.23. The lowest BCUT2D eigenvalue weighted by Gasteiger charge is -2.09. The Kier molecular flexibility index (Phi) is 3.48. The van der Waals surface area contributed by atoms with Gasteiger partial charge in [0.1, 0.15) is 29.2 Å². The average molecular weight is 255 g/mol. The van der Waals surface area contributed by atoms with E-state index in [4.69, 9.17) is 26.9 Å².